The first-order valence-electron chi connectivity index (χ1n) is 6.31. The van der Waals surface area contributed by atoms with Crippen molar-refractivity contribution < 1.29 is 19.1 Å². The maximum Gasteiger partial charge on any atom is 0.338 e. The molecule has 0 aromatic heterocycles. The number of Topliss-reactive ketones (excluding diaryl/α,β-unsaturated/α-hetero) is 1. The number of hydrogen-bond donors (Lipinski definition) is 0. The summed E-state index contributed by atoms with van der Waals surface area (Å²) in [6.45, 7) is -0.369. The lowest BCUT2D eigenvalue weighted by Gasteiger charge is -2.07. The summed E-state index contributed by atoms with van der Waals surface area (Å²) in [5.41, 5.74) is 0.646. The van der Waals surface area contributed by atoms with E-state index in [1.54, 1.807) is 42.5 Å². The molecule has 0 unspecified atom stereocenters. The largest absolute Gasteiger partial charge is 0.496 e. The number of benzene rings is 2. The summed E-state index contributed by atoms with van der Waals surface area (Å²) in [6, 6.07) is 11.4. The van der Waals surface area contributed by atoms with Crippen LogP contribution in [0.4, 0.5) is 0 Å². The zero-order valence-electron chi connectivity index (χ0n) is 11.6. The summed E-state index contributed by atoms with van der Waals surface area (Å²) in [4.78, 5) is 23.9. The Morgan fingerprint density at radius 2 is 1.91 bits per heavy atom. The van der Waals surface area contributed by atoms with Crippen molar-refractivity contribution in [2.24, 2.45) is 0 Å². The van der Waals surface area contributed by atoms with Crippen molar-refractivity contribution in [1.29, 1.82) is 0 Å². The second-order valence-electron chi connectivity index (χ2n) is 4.33. The summed E-state index contributed by atoms with van der Waals surface area (Å²) in [5, 5.41) is 0.329. The molecule has 0 radical (unpaired) electrons. The molecule has 4 nitrogen and oxygen atoms in total. The minimum absolute atomic E-state index is 0.319. The Kier molecular flexibility index (Phi) is 5.57. The lowest BCUT2D eigenvalue weighted by Crippen LogP contribution is -2.14. The molecule has 0 aliphatic heterocycles. The highest BCUT2D eigenvalue weighted by Gasteiger charge is 2.15. The first-order valence-corrected chi connectivity index (χ1v) is 7.48. The van der Waals surface area contributed by atoms with Gasteiger partial charge in [0.15, 0.2) is 6.61 Å². The van der Waals surface area contributed by atoms with Gasteiger partial charge in [-0.15, -0.1) is 0 Å². The topological polar surface area (TPSA) is 52.6 Å². The van der Waals surface area contributed by atoms with E-state index in [4.69, 9.17) is 21.1 Å². The van der Waals surface area contributed by atoms with E-state index in [-0.39, 0.29) is 12.4 Å². The summed E-state index contributed by atoms with van der Waals surface area (Å²) < 4.78 is 10.7. The monoisotopic (exact) mass is 382 g/mol. The molecule has 2 rings (SSSR count). The van der Waals surface area contributed by atoms with Gasteiger partial charge in [-0.3, -0.25) is 4.79 Å². The molecule has 0 aliphatic carbocycles. The molecule has 0 atom stereocenters. The van der Waals surface area contributed by atoms with Crippen LogP contribution in [0.25, 0.3) is 0 Å². The third-order valence-electron chi connectivity index (χ3n) is 2.90. The van der Waals surface area contributed by atoms with Gasteiger partial charge < -0.3 is 9.47 Å². The average molecular weight is 384 g/mol. The number of methoxy groups -OCH3 is 1. The van der Waals surface area contributed by atoms with Gasteiger partial charge in [0.2, 0.25) is 5.78 Å². The number of hydrogen-bond acceptors (Lipinski definition) is 4. The molecular weight excluding hydrogens is 372 g/mol. The predicted molar refractivity (Wildman–Crippen MR) is 86.8 cm³/mol. The molecule has 2 aromatic carbocycles. The lowest BCUT2D eigenvalue weighted by atomic mass is 10.1. The molecule has 0 amide bonds. The fourth-order valence-electron chi connectivity index (χ4n) is 1.77. The third kappa shape index (κ3) is 3.87. The van der Waals surface area contributed by atoms with Crippen molar-refractivity contribution in [3.05, 3.63) is 63.1 Å². The maximum atomic E-state index is 12.0. The van der Waals surface area contributed by atoms with E-state index in [2.05, 4.69) is 15.9 Å². The molecule has 0 aliphatic rings. The summed E-state index contributed by atoms with van der Waals surface area (Å²) in [5.74, 6) is -0.348. The van der Waals surface area contributed by atoms with Crippen molar-refractivity contribution in [1.82, 2.24) is 0 Å². The Labute approximate surface area is 141 Å². The van der Waals surface area contributed by atoms with Gasteiger partial charge in [-0.05, 0) is 46.3 Å². The van der Waals surface area contributed by atoms with Crippen molar-refractivity contribution in [2.75, 3.05) is 13.7 Å². The van der Waals surface area contributed by atoms with E-state index in [0.717, 1.165) is 0 Å². The smallest absolute Gasteiger partial charge is 0.338 e. The van der Waals surface area contributed by atoms with Gasteiger partial charge in [-0.1, -0.05) is 23.7 Å². The van der Waals surface area contributed by atoms with Crippen molar-refractivity contribution in [3.63, 3.8) is 0 Å². The SMILES string of the molecule is COc1ccc(C(=O)OCC(=O)c2ccccc2Cl)cc1Br. The zero-order chi connectivity index (χ0) is 16.1. The van der Waals surface area contributed by atoms with Crippen LogP contribution < -0.4 is 4.74 Å². The highest BCUT2D eigenvalue weighted by Crippen LogP contribution is 2.25. The number of carbonyl (C=O) groups excluding carboxylic acids is 2. The Morgan fingerprint density at radius 3 is 2.55 bits per heavy atom. The van der Waals surface area contributed by atoms with Crippen LogP contribution in [0, 0.1) is 0 Å². The van der Waals surface area contributed by atoms with Crippen LogP contribution in [0.5, 0.6) is 5.75 Å². The molecule has 0 fully saturated rings. The van der Waals surface area contributed by atoms with Gasteiger partial charge in [0.1, 0.15) is 5.75 Å². The quantitative estimate of drug-likeness (QED) is 0.575. The molecule has 114 valence electrons. The number of carbonyl (C=O) groups is 2. The molecule has 0 saturated carbocycles. The Hall–Kier alpha value is -1.85. The molecule has 2 aromatic rings. The van der Waals surface area contributed by atoms with E-state index >= 15 is 0 Å². The molecular formula is C16H12BrClO4. The number of rotatable bonds is 5. The summed E-state index contributed by atoms with van der Waals surface area (Å²) in [6.07, 6.45) is 0. The second kappa shape index (κ2) is 7.42. The zero-order valence-corrected chi connectivity index (χ0v) is 14.0. The molecule has 0 saturated heterocycles. The molecule has 0 spiro atoms. The first-order chi connectivity index (χ1) is 10.5. The van der Waals surface area contributed by atoms with Gasteiger partial charge in [0.25, 0.3) is 0 Å². The Balaban J connectivity index is 2.02. The van der Waals surface area contributed by atoms with Crippen LogP contribution in [0.3, 0.4) is 0 Å². The maximum absolute atomic E-state index is 12.0. The summed E-state index contributed by atoms with van der Waals surface area (Å²) >= 11 is 9.21. The number of ketones is 1. The van der Waals surface area contributed by atoms with E-state index in [1.165, 1.54) is 7.11 Å². The van der Waals surface area contributed by atoms with Gasteiger partial charge >= 0.3 is 5.97 Å². The van der Waals surface area contributed by atoms with E-state index in [9.17, 15) is 9.59 Å². The summed E-state index contributed by atoms with van der Waals surface area (Å²) in [7, 11) is 1.53. The highest BCUT2D eigenvalue weighted by molar-refractivity contribution is 9.10. The van der Waals surface area contributed by atoms with Gasteiger partial charge in [0, 0.05) is 5.56 Å². The van der Waals surface area contributed by atoms with E-state index < -0.39 is 5.97 Å². The van der Waals surface area contributed by atoms with Crippen molar-refractivity contribution in [3.8, 4) is 5.75 Å². The van der Waals surface area contributed by atoms with Crippen molar-refractivity contribution >= 4 is 39.3 Å². The standard InChI is InChI=1S/C16H12BrClO4/c1-21-15-7-6-10(8-12(15)17)16(20)22-9-14(19)11-4-2-3-5-13(11)18/h2-8H,9H2,1H3. The molecule has 0 N–H and O–H groups in total. The van der Waals surface area contributed by atoms with Crippen LogP contribution in [0.1, 0.15) is 20.7 Å². The predicted octanol–water partition coefficient (Wildman–Crippen LogP) is 4.15. The van der Waals surface area contributed by atoms with Gasteiger partial charge in [0.05, 0.1) is 22.2 Å². The molecule has 6 heteroatoms. The van der Waals surface area contributed by atoms with Crippen LogP contribution in [-0.4, -0.2) is 25.5 Å². The minimum atomic E-state index is -0.594. The van der Waals surface area contributed by atoms with Crippen LogP contribution in [-0.2, 0) is 4.74 Å². The number of halogens is 2. The third-order valence-corrected chi connectivity index (χ3v) is 3.85. The van der Waals surface area contributed by atoms with E-state index in [0.29, 0.717) is 26.4 Å². The molecule has 22 heavy (non-hydrogen) atoms. The Bertz CT molecular complexity index is 715. The normalized spacial score (nSPS) is 10.1. The van der Waals surface area contributed by atoms with Crippen LogP contribution in [0.15, 0.2) is 46.9 Å². The first kappa shape index (κ1) is 16.5. The molecule has 0 heterocycles. The van der Waals surface area contributed by atoms with Crippen LogP contribution >= 0.6 is 27.5 Å². The fraction of sp³-hybridized carbons (Fsp3) is 0.125. The second-order valence-corrected chi connectivity index (χ2v) is 5.59. The minimum Gasteiger partial charge on any atom is -0.496 e. The Morgan fingerprint density at radius 1 is 1.18 bits per heavy atom. The van der Waals surface area contributed by atoms with Crippen LogP contribution in [0.2, 0.25) is 5.02 Å². The van der Waals surface area contributed by atoms with Crippen molar-refractivity contribution in [2.45, 2.75) is 0 Å². The van der Waals surface area contributed by atoms with Gasteiger partial charge in [-0.2, -0.15) is 0 Å². The number of esters is 1. The average Bonchev–Trinajstić information content (AvgIpc) is 2.52. The lowest BCUT2D eigenvalue weighted by molar-refractivity contribution is 0.0474. The molecule has 0 bridgehead atoms. The fourth-order valence-corrected chi connectivity index (χ4v) is 2.55. The highest BCUT2D eigenvalue weighted by atomic mass is 79.9. The van der Waals surface area contributed by atoms with Gasteiger partial charge in [-0.25, -0.2) is 4.79 Å². The van der Waals surface area contributed by atoms with E-state index in [1.807, 2.05) is 0 Å². The number of ether oxygens (including phenoxy) is 2.